The van der Waals surface area contributed by atoms with Crippen LogP contribution in [0.4, 0.5) is 0 Å². The fourth-order valence-corrected chi connectivity index (χ4v) is 1.54. The number of nitro groups is 2. The quantitative estimate of drug-likeness (QED) is 0.377. The molecule has 0 aromatic heterocycles. The summed E-state index contributed by atoms with van der Waals surface area (Å²) in [5.41, 5.74) is -2.21. The van der Waals surface area contributed by atoms with Crippen LogP contribution in [0.5, 0.6) is 0 Å². The number of carbonyl (C=O) groups excluding carboxylic acids is 1. The van der Waals surface area contributed by atoms with Gasteiger partial charge in [0, 0.05) is 5.11 Å². The molecule has 98 valence electrons. The van der Waals surface area contributed by atoms with Crippen molar-refractivity contribution >= 4 is 6.47 Å². The van der Waals surface area contributed by atoms with E-state index in [1.54, 1.807) is 6.92 Å². The van der Waals surface area contributed by atoms with E-state index >= 15 is 0 Å². The maximum Gasteiger partial charge on any atom is 0.413 e. The van der Waals surface area contributed by atoms with Crippen molar-refractivity contribution in [3.05, 3.63) is 32.1 Å². The second-order valence-electron chi connectivity index (χ2n) is 3.51. The Kier molecular flexibility index (Phi) is 4.02. The summed E-state index contributed by atoms with van der Waals surface area (Å²) in [7, 11) is 0. The van der Waals surface area contributed by atoms with Crippen LogP contribution in [-0.4, -0.2) is 28.1 Å². The lowest BCUT2D eigenvalue weighted by Crippen LogP contribution is -2.46. The van der Waals surface area contributed by atoms with E-state index in [1.165, 1.54) is 0 Å². The summed E-state index contributed by atoms with van der Waals surface area (Å²) in [4.78, 5) is 30.2. The molecule has 0 N–H and O–H groups in total. The second kappa shape index (κ2) is 5.29. The van der Waals surface area contributed by atoms with Gasteiger partial charge in [-0.25, -0.2) is 0 Å². The Bertz CT molecular complexity index is 433. The van der Waals surface area contributed by atoms with E-state index < -0.39 is 27.4 Å². The molecule has 1 heterocycles. The van der Waals surface area contributed by atoms with Gasteiger partial charge in [-0.1, -0.05) is 13.3 Å². The lowest BCUT2D eigenvalue weighted by atomic mass is 10.00. The molecule has 0 saturated carbocycles. The maximum absolute atomic E-state index is 11.1. The topological polar surface area (TPSA) is 137 Å². The average molecular weight is 258 g/mol. The lowest BCUT2D eigenvalue weighted by Gasteiger charge is -2.20. The maximum atomic E-state index is 11.1. The molecule has 18 heavy (non-hydrogen) atoms. The molecule has 1 aliphatic rings. The zero-order valence-corrected chi connectivity index (χ0v) is 9.38. The van der Waals surface area contributed by atoms with Gasteiger partial charge in [0.2, 0.25) is 6.10 Å². The van der Waals surface area contributed by atoms with E-state index in [-0.39, 0.29) is 12.9 Å². The minimum Gasteiger partial charge on any atom is -0.454 e. The van der Waals surface area contributed by atoms with Crippen molar-refractivity contribution in [1.29, 1.82) is 0 Å². The van der Waals surface area contributed by atoms with Crippen molar-refractivity contribution in [2.45, 2.75) is 31.5 Å². The molecule has 0 amide bonds. The molecule has 0 aliphatic carbocycles. The third-order valence-electron chi connectivity index (χ3n) is 2.38. The first-order chi connectivity index (χ1) is 8.47. The fraction of sp³-hybridized carbons (Fsp3) is 0.625. The van der Waals surface area contributed by atoms with Gasteiger partial charge in [0.15, 0.2) is 0 Å². The molecule has 0 radical (unpaired) electrons. The Morgan fingerprint density at radius 2 is 2.22 bits per heavy atom. The first-order valence-electron chi connectivity index (χ1n) is 5.01. The summed E-state index contributed by atoms with van der Waals surface area (Å²) >= 11 is 0. The highest BCUT2D eigenvalue weighted by atomic mass is 16.6. The Morgan fingerprint density at radius 3 is 2.61 bits per heavy atom. The number of rotatable bonds is 7. The highest BCUT2D eigenvalue weighted by Gasteiger charge is 2.58. The number of hydrogen-bond donors (Lipinski definition) is 0. The molecule has 1 rings (SSSR count). The van der Waals surface area contributed by atoms with Crippen LogP contribution >= 0.6 is 0 Å². The largest absolute Gasteiger partial charge is 0.454 e. The first kappa shape index (κ1) is 13.7. The molecule has 0 fully saturated rings. The van der Waals surface area contributed by atoms with Crippen LogP contribution in [0.25, 0.3) is 0 Å². The van der Waals surface area contributed by atoms with E-state index in [0.29, 0.717) is 12.5 Å². The smallest absolute Gasteiger partial charge is 0.413 e. The first-order valence-corrected chi connectivity index (χ1v) is 5.01. The molecular weight excluding hydrogens is 248 g/mol. The SMILES string of the molecule is CCCC(OC=O)C1([N+](=O)[O-])C=C([N+](=O)[O-])N=N1. The molecule has 10 heteroatoms. The van der Waals surface area contributed by atoms with Gasteiger partial charge in [-0.15, -0.1) is 0 Å². The molecule has 2 unspecified atom stereocenters. The number of carbonyl (C=O) groups is 1. The van der Waals surface area contributed by atoms with E-state index in [9.17, 15) is 25.0 Å². The highest BCUT2D eigenvalue weighted by molar-refractivity contribution is 5.38. The van der Waals surface area contributed by atoms with Gasteiger partial charge in [0.05, 0.1) is 10.0 Å². The summed E-state index contributed by atoms with van der Waals surface area (Å²) in [6.07, 6.45) is 0.0821. The summed E-state index contributed by atoms with van der Waals surface area (Å²) in [6.45, 7) is 1.78. The van der Waals surface area contributed by atoms with Gasteiger partial charge in [0.25, 0.3) is 6.47 Å². The molecular formula is C8H10N4O6. The molecule has 2 atom stereocenters. The monoisotopic (exact) mass is 258 g/mol. The van der Waals surface area contributed by atoms with Gasteiger partial charge in [-0.2, -0.15) is 0 Å². The normalized spacial score (nSPS) is 23.3. The third-order valence-corrected chi connectivity index (χ3v) is 2.38. The predicted molar refractivity (Wildman–Crippen MR) is 55.5 cm³/mol. The Morgan fingerprint density at radius 1 is 1.56 bits per heavy atom. The van der Waals surface area contributed by atoms with Crippen molar-refractivity contribution in [1.82, 2.24) is 0 Å². The van der Waals surface area contributed by atoms with Gasteiger partial charge in [0.1, 0.15) is 6.08 Å². The molecule has 0 saturated heterocycles. The molecule has 0 bridgehead atoms. The summed E-state index contributed by atoms with van der Waals surface area (Å²) in [5, 5.41) is 28.0. The van der Waals surface area contributed by atoms with Crippen LogP contribution < -0.4 is 0 Å². The standard InChI is InChI=1S/C8H10N4O6/c1-2-3-6(18-5-13)8(12(16)17)4-7(9-10-8)11(14)15/h4-6H,2-3H2,1H3. The van der Waals surface area contributed by atoms with Crippen molar-refractivity contribution < 1.29 is 19.4 Å². The van der Waals surface area contributed by atoms with E-state index in [1.807, 2.05) is 0 Å². The zero-order valence-electron chi connectivity index (χ0n) is 9.38. The summed E-state index contributed by atoms with van der Waals surface area (Å²) < 4.78 is 4.62. The highest BCUT2D eigenvalue weighted by Crippen LogP contribution is 2.32. The molecule has 0 aromatic carbocycles. The third kappa shape index (κ3) is 2.31. The van der Waals surface area contributed by atoms with Crippen molar-refractivity contribution in [2.75, 3.05) is 0 Å². The lowest BCUT2D eigenvalue weighted by molar-refractivity contribution is -0.566. The van der Waals surface area contributed by atoms with Crippen LogP contribution in [0.3, 0.4) is 0 Å². The van der Waals surface area contributed by atoms with Crippen LogP contribution in [0, 0.1) is 20.2 Å². The number of azo groups is 1. The minimum absolute atomic E-state index is 0.0547. The van der Waals surface area contributed by atoms with Crippen LogP contribution in [0.15, 0.2) is 22.1 Å². The Hall–Kier alpha value is -2.39. The predicted octanol–water partition coefficient (Wildman–Crippen LogP) is 0.885. The fourth-order valence-electron chi connectivity index (χ4n) is 1.54. The van der Waals surface area contributed by atoms with E-state index in [4.69, 9.17) is 0 Å². The number of hydrogen-bond acceptors (Lipinski definition) is 8. The van der Waals surface area contributed by atoms with Gasteiger partial charge >= 0.3 is 11.5 Å². The second-order valence-corrected chi connectivity index (χ2v) is 3.51. The van der Waals surface area contributed by atoms with Crippen LogP contribution in [0.2, 0.25) is 0 Å². The van der Waals surface area contributed by atoms with E-state index in [0.717, 1.165) is 0 Å². The Balaban J connectivity index is 3.17. The van der Waals surface area contributed by atoms with Crippen LogP contribution in [0.1, 0.15) is 19.8 Å². The number of ether oxygens (including phenoxy) is 1. The molecule has 0 spiro atoms. The van der Waals surface area contributed by atoms with Crippen molar-refractivity contribution in [2.24, 2.45) is 10.2 Å². The number of nitrogens with zero attached hydrogens (tertiary/aromatic N) is 4. The summed E-state index contributed by atoms with van der Waals surface area (Å²) in [6, 6.07) is 0. The van der Waals surface area contributed by atoms with E-state index in [2.05, 4.69) is 15.0 Å². The van der Waals surface area contributed by atoms with Crippen molar-refractivity contribution in [3.63, 3.8) is 0 Å². The average Bonchev–Trinajstić information content (AvgIpc) is 2.75. The van der Waals surface area contributed by atoms with Crippen LogP contribution in [-0.2, 0) is 9.53 Å². The zero-order chi connectivity index (χ0) is 13.8. The van der Waals surface area contributed by atoms with Gasteiger partial charge < -0.3 is 14.9 Å². The Labute approximate surface area is 101 Å². The van der Waals surface area contributed by atoms with Gasteiger partial charge in [-0.3, -0.25) is 14.9 Å². The molecule has 1 aliphatic heterocycles. The van der Waals surface area contributed by atoms with Crippen molar-refractivity contribution in [3.8, 4) is 0 Å². The molecule has 10 nitrogen and oxygen atoms in total. The van der Waals surface area contributed by atoms with Gasteiger partial charge in [-0.05, 0) is 11.3 Å². The summed E-state index contributed by atoms with van der Waals surface area (Å²) in [5.74, 6) is -0.734. The minimum atomic E-state index is -2.21. The molecule has 0 aromatic rings.